The van der Waals surface area contributed by atoms with E-state index < -0.39 is 12.0 Å². The fraction of sp³-hybridized carbons (Fsp3) is 0.375. The number of ether oxygens (including phenoxy) is 1. The van der Waals surface area contributed by atoms with Gasteiger partial charge < -0.3 is 19.0 Å². The van der Waals surface area contributed by atoms with Gasteiger partial charge in [-0.1, -0.05) is 51.9 Å². The molecule has 0 saturated carbocycles. The summed E-state index contributed by atoms with van der Waals surface area (Å²) in [6.45, 7) is 9.96. The van der Waals surface area contributed by atoms with Gasteiger partial charge >= 0.3 is 5.97 Å². The standard InChI is InChI=1S/C24H28N2O5/c1-15(2)21(25-22(27)16-8-10-17(11-9-16)24(3,4)5)23(28)30-14-18-13-20(31-26-18)19-7-6-12-29-19/h6-13,15,21H,14H2,1-5H3,(H,25,27)/t21-/m0/s1. The van der Waals surface area contributed by atoms with E-state index in [4.69, 9.17) is 13.7 Å². The summed E-state index contributed by atoms with van der Waals surface area (Å²) in [4.78, 5) is 25.3. The van der Waals surface area contributed by atoms with Crippen LogP contribution in [0.1, 0.15) is 56.2 Å². The molecule has 2 aromatic heterocycles. The van der Waals surface area contributed by atoms with Crippen molar-refractivity contribution < 1.29 is 23.3 Å². The number of amides is 1. The molecule has 0 bridgehead atoms. The maximum atomic E-state index is 12.7. The van der Waals surface area contributed by atoms with E-state index in [1.807, 2.05) is 26.0 Å². The van der Waals surface area contributed by atoms with Crippen molar-refractivity contribution in [3.05, 3.63) is 65.5 Å². The highest BCUT2D eigenvalue weighted by Gasteiger charge is 2.27. The van der Waals surface area contributed by atoms with Crippen molar-refractivity contribution in [3.63, 3.8) is 0 Å². The molecular formula is C24H28N2O5. The van der Waals surface area contributed by atoms with E-state index in [1.54, 1.807) is 30.3 Å². The smallest absolute Gasteiger partial charge is 0.329 e. The lowest BCUT2D eigenvalue weighted by Crippen LogP contribution is -2.45. The second-order valence-corrected chi connectivity index (χ2v) is 8.79. The Bertz CT molecular complexity index is 1010. The van der Waals surface area contributed by atoms with Gasteiger partial charge in [0, 0.05) is 11.6 Å². The average Bonchev–Trinajstić information content (AvgIpc) is 3.41. The summed E-state index contributed by atoms with van der Waals surface area (Å²) in [6, 6.07) is 11.7. The molecule has 2 heterocycles. The third-order valence-electron chi connectivity index (χ3n) is 4.91. The highest BCUT2D eigenvalue weighted by molar-refractivity contribution is 5.96. The Labute approximate surface area is 181 Å². The Morgan fingerprint density at radius 3 is 2.39 bits per heavy atom. The van der Waals surface area contributed by atoms with Crippen molar-refractivity contribution in [1.82, 2.24) is 10.5 Å². The van der Waals surface area contributed by atoms with E-state index in [1.165, 1.54) is 6.26 Å². The molecule has 1 amide bonds. The number of hydrogen-bond acceptors (Lipinski definition) is 6. The van der Waals surface area contributed by atoms with Crippen molar-refractivity contribution in [1.29, 1.82) is 0 Å². The van der Waals surface area contributed by atoms with E-state index >= 15 is 0 Å². The number of rotatable bonds is 7. The minimum Gasteiger partial charge on any atom is -0.461 e. The Balaban J connectivity index is 1.60. The molecule has 1 aromatic carbocycles. The van der Waals surface area contributed by atoms with E-state index in [0.717, 1.165) is 5.56 Å². The largest absolute Gasteiger partial charge is 0.461 e. The molecule has 7 nitrogen and oxygen atoms in total. The van der Waals surface area contributed by atoms with Crippen molar-refractivity contribution in [3.8, 4) is 11.5 Å². The third-order valence-corrected chi connectivity index (χ3v) is 4.91. The van der Waals surface area contributed by atoms with Crippen molar-refractivity contribution >= 4 is 11.9 Å². The number of nitrogens with zero attached hydrogens (tertiary/aromatic N) is 1. The highest BCUT2D eigenvalue weighted by atomic mass is 16.5. The SMILES string of the molecule is CC(C)[C@H](NC(=O)c1ccc(C(C)(C)C)cc1)C(=O)OCc1cc(-c2ccco2)on1. The minimum absolute atomic E-state index is 0.00278. The monoisotopic (exact) mass is 424 g/mol. The Morgan fingerprint density at radius 2 is 1.81 bits per heavy atom. The van der Waals surface area contributed by atoms with Crippen LogP contribution in [-0.4, -0.2) is 23.1 Å². The predicted molar refractivity (Wildman–Crippen MR) is 115 cm³/mol. The van der Waals surface area contributed by atoms with Gasteiger partial charge in [0.2, 0.25) is 5.76 Å². The van der Waals surface area contributed by atoms with Crippen LogP contribution in [-0.2, 0) is 21.6 Å². The van der Waals surface area contributed by atoms with Crippen LogP contribution in [0.15, 0.2) is 57.7 Å². The summed E-state index contributed by atoms with van der Waals surface area (Å²) >= 11 is 0. The third kappa shape index (κ3) is 5.63. The molecule has 0 aliphatic carbocycles. The summed E-state index contributed by atoms with van der Waals surface area (Å²) < 4.78 is 15.8. The van der Waals surface area contributed by atoms with Crippen LogP contribution in [0.3, 0.4) is 0 Å². The van der Waals surface area contributed by atoms with Crippen LogP contribution in [0.4, 0.5) is 0 Å². The van der Waals surface area contributed by atoms with Gasteiger partial charge in [0.05, 0.1) is 6.26 Å². The molecule has 164 valence electrons. The van der Waals surface area contributed by atoms with E-state index in [2.05, 4.69) is 31.2 Å². The van der Waals surface area contributed by atoms with Gasteiger partial charge in [-0.3, -0.25) is 4.79 Å². The summed E-state index contributed by atoms with van der Waals surface area (Å²) in [5, 5.41) is 6.67. The number of hydrogen-bond donors (Lipinski definition) is 1. The Morgan fingerprint density at radius 1 is 1.10 bits per heavy atom. The molecule has 3 rings (SSSR count). The predicted octanol–water partition coefficient (Wildman–Crippen LogP) is 4.73. The van der Waals surface area contributed by atoms with E-state index in [-0.39, 0.29) is 23.8 Å². The molecule has 0 aliphatic heterocycles. The molecular weight excluding hydrogens is 396 g/mol. The maximum Gasteiger partial charge on any atom is 0.329 e. The number of aromatic nitrogens is 1. The highest BCUT2D eigenvalue weighted by Crippen LogP contribution is 2.23. The van der Waals surface area contributed by atoms with Gasteiger partial charge in [-0.2, -0.15) is 0 Å². The summed E-state index contributed by atoms with van der Waals surface area (Å²) in [7, 11) is 0. The van der Waals surface area contributed by atoms with Gasteiger partial charge in [-0.25, -0.2) is 4.79 Å². The Kier molecular flexibility index (Phi) is 6.63. The molecule has 0 radical (unpaired) electrons. The molecule has 0 fully saturated rings. The fourth-order valence-corrected chi connectivity index (χ4v) is 2.99. The summed E-state index contributed by atoms with van der Waals surface area (Å²) in [5.74, 6) is -0.0190. The van der Waals surface area contributed by atoms with Crippen molar-refractivity contribution in [2.24, 2.45) is 5.92 Å². The topological polar surface area (TPSA) is 94.6 Å². The second-order valence-electron chi connectivity index (χ2n) is 8.79. The van der Waals surface area contributed by atoms with E-state index in [9.17, 15) is 9.59 Å². The molecule has 7 heteroatoms. The van der Waals surface area contributed by atoms with Crippen molar-refractivity contribution in [2.45, 2.75) is 52.7 Å². The van der Waals surface area contributed by atoms with Crippen molar-refractivity contribution in [2.75, 3.05) is 0 Å². The van der Waals surface area contributed by atoms with Gasteiger partial charge in [0.15, 0.2) is 5.76 Å². The zero-order chi connectivity index (χ0) is 22.6. The fourth-order valence-electron chi connectivity index (χ4n) is 2.99. The first-order valence-corrected chi connectivity index (χ1v) is 10.2. The van der Waals surface area contributed by atoms with E-state index in [0.29, 0.717) is 22.8 Å². The molecule has 31 heavy (non-hydrogen) atoms. The normalized spacial score (nSPS) is 12.6. The first-order chi connectivity index (χ1) is 14.6. The first-order valence-electron chi connectivity index (χ1n) is 10.2. The minimum atomic E-state index is -0.786. The molecule has 0 saturated heterocycles. The zero-order valence-electron chi connectivity index (χ0n) is 18.5. The maximum absolute atomic E-state index is 12.7. The van der Waals surface area contributed by atoms with Crippen LogP contribution < -0.4 is 5.32 Å². The lowest BCUT2D eigenvalue weighted by Gasteiger charge is -2.21. The number of benzene rings is 1. The number of carbonyl (C=O) groups excluding carboxylic acids is 2. The molecule has 0 spiro atoms. The van der Waals surface area contributed by atoms with Gasteiger partial charge in [0.1, 0.15) is 18.3 Å². The lowest BCUT2D eigenvalue weighted by molar-refractivity contribution is -0.148. The van der Waals surface area contributed by atoms with Crippen LogP contribution >= 0.6 is 0 Å². The quantitative estimate of drug-likeness (QED) is 0.551. The lowest BCUT2D eigenvalue weighted by atomic mass is 9.86. The van der Waals surface area contributed by atoms with Crippen LogP contribution in [0.25, 0.3) is 11.5 Å². The first kappa shape index (κ1) is 22.3. The molecule has 1 N–H and O–H groups in total. The second kappa shape index (κ2) is 9.20. The number of nitrogens with one attached hydrogen (secondary N) is 1. The molecule has 1 atom stereocenters. The van der Waals surface area contributed by atoms with Crippen LogP contribution in [0.2, 0.25) is 0 Å². The number of furan rings is 1. The average molecular weight is 424 g/mol. The Hall–Kier alpha value is -3.35. The van der Waals surface area contributed by atoms with Crippen LogP contribution in [0.5, 0.6) is 0 Å². The molecule has 3 aromatic rings. The van der Waals surface area contributed by atoms with Gasteiger partial charge in [-0.05, 0) is 41.2 Å². The van der Waals surface area contributed by atoms with Gasteiger partial charge in [0.25, 0.3) is 5.91 Å². The summed E-state index contributed by atoms with van der Waals surface area (Å²) in [6.07, 6.45) is 1.53. The molecule has 0 unspecified atom stereocenters. The van der Waals surface area contributed by atoms with Gasteiger partial charge in [-0.15, -0.1) is 0 Å². The number of esters is 1. The number of carbonyl (C=O) groups is 2. The molecule has 0 aliphatic rings. The van der Waals surface area contributed by atoms with Crippen LogP contribution in [0, 0.1) is 5.92 Å². The zero-order valence-corrected chi connectivity index (χ0v) is 18.5. The summed E-state index contributed by atoms with van der Waals surface area (Å²) in [5.41, 5.74) is 2.07.